The van der Waals surface area contributed by atoms with Gasteiger partial charge in [0.2, 0.25) is 5.91 Å². The Kier molecular flexibility index (Phi) is 11.2. The molecule has 0 bridgehead atoms. The Labute approximate surface area is 117 Å². The summed E-state index contributed by atoms with van der Waals surface area (Å²) in [5, 5.41) is 2.26. The summed E-state index contributed by atoms with van der Waals surface area (Å²) in [6.07, 6.45) is 9.04. The zero-order valence-corrected chi connectivity index (χ0v) is 12.6. The van der Waals surface area contributed by atoms with E-state index in [9.17, 15) is 9.59 Å². The second-order valence-corrected chi connectivity index (χ2v) is 5.41. The second kappa shape index (κ2) is 11.6. The van der Waals surface area contributed by atoms with E-state index in [0.717, 1.165) is 12.8 Å². The number of carbonyl (C=O) groups excluding carboxylic acids is 2. The molecule has 0 saturated heterocycles. The standard InChI is InChI=1S/C14H27NO2S/c1-3-4-5-6-7-8-9-10-13(17)14(18)11-15-12(2)16/h14,18H,3-11H2,1-2H3,(H,15,16). The Hall–Kier alpha value is -0.510. The third-order valence-corrected chi connectivity index (χ3v) is 3.41. The van der Waals surface area contributed by atoms with E-state index in [-0.39, 0.29) is 16.9 Å². The first-order valence-electron chi connectivity index (χ1n) is 7.03. The van der Waals surface area contributed by atoms with Gasteiger partial charge >= 0.3 is 0 Å². The highest BCUT2D eigenvalue weighted by Gasteiger charge is 2.13. The number of ketones is 1. The molecule has 0 spiro atoms. The van der Waals surface area contributed by atoms with Crippen LogP contribution in [-0.2, 0) is 9.59 Å². The molecular formula is C14H27NO2S. The number of thiol groups is 1. The molecule has 1 atom stereocenters. The Bertz CT molecular complexity index is 244. The van der Waals surface area contributed by atoms with Gasteiger partial charge in [-0.15, -0.1) is 0 Å². The molecule has 1 unspecified atom stereocenters. The first kappa shape index (κ1) is 17.5. The van der Waals surface area contributed by atoms with Crippen molar-refractivity contribution in [1.82, 2.24) is 5.32 Å². The number of amides is 1. The van der Waals surface area contributed by atoms with Gasteiger partial charge in [0.1, 0.15) is 5.78 Å². The third-order valence-electron chi connectivity index (χ3n) is 2.94. The van der Waals surface area contributed by atoms with Crippen molar-refractivity contribution in [2.24, 2.45) is 0 Å². The van der Waals surface area contributed by atoms with Crippen LogP contribution in [0.1, 0.15) is 65.2 Å². The third kappa shape index (κ3) is 10.6. The minimum absolute atomic E-state index is 0.113. The van der Waals surface area contributed by atoms with Crippen molar-refractivity contribution in [3.63, 3.8) is 0 Å². The lowest BCUT2D eigenvalue weighted by Gasteiger charge is -2.09. The van der Waals surface area contributed by atoms with Crippen LogP contribution in [0.25, 0.3) is 0 Å². The molecule has 0 heterocycles. The number of carbonyl (C=O) groups is 2. The van der Waals surface area contributed by atoms with Crippen molar-refractivity contribution < 1.29 is 9.59 Å². The lowest BCUT2D eigenvalue weighted by atomic mass is 10.1. The fraction of sp³-hybridized carbons (Fsp3) is 0.857. The van der Waals surface area contributed by atoms with E-state index in [1.165, 1.54) is 39.0 Å². The van der Waals surface area contributed by atoms with Crippen molar-refractivity contribution in [2.75, 3.05) is 6.54 Å². The van der Waals surface area contributed by atoms with Crippen LogP contribution in [0.5, 0.6) is 0 Å². The SMILES string of the molecule is CCCCCCCCCC(=O)C(S)CNC(C)=O. The van der Waals surface area contributed by atoms with Crippen LogP contribution >= 0.6 is 12.6 Å². The number of hydrogen-bond acceptors (Lipinski definition) is 3. The fourth-order valence-corrected chi connectivity index (χ4v) is 2.00. The van der Waals surface area contributed by atoms with E-state index in [1.54, 1.807) is 0 Å². The van der Waals surface area contributed by atoms with Crippen molar-refractivity contribution in [1.29, 1.82) is 0 Å². The van der Waals surface area contributed by atoms with Gasteiger partial charge in [-0.2, -0.15) is 12.6 Å². The van der Waals surface area contributed by atoms with E-state index in [1.807, 2.05) is 0 Å². The minimum Gasteiger partial charge on any atom is -0.355 e. The van der Waals surface area contributed by atoms with E-state index < -0.39 is 0 Å². The zero-order valence-electron chi connectivity index (χ0n) is 11.7. The van der Waals surface area contributed by atoms with E-state index >= 15 is 0 Å². The largest absolute Gasteiger partial charge is 0.355 e. The van der Waals surface area contributed by atoms with Gasteiger partial charge in [-0.1, -0.05) is 45.4 Å². The highest BCUT2D eigenvalue weighted by Crippen LogP contribution is 2.10. The van der Waals surface area contributed by atoms with Crippen molar-refractivity contribution >= 4 is 24.3 Å². The molecule has 1 N–H and O–H groups in total. The molecule has 0 fully saturated rings. The lowest BCUT2D eigenvalue weighted by molar-refractivity contribution is -0.119. The predicted molar refractivity (Wildman–Crippen MR) is 79.1 cm³/mol. The van der Waals surface area contributed by atoms with Gasteiger partial charge in [0.15, 0.2) is 0 Å². The van der Waals surface area contributed by atoms with Gasteiger partial charge in [0, 0.05) is 19.9 Å². The van der Waals surface area contributed by atoms with Crippen LogP contribution in [0, 0.1) is 0 Å². The molecule has 0 aromatic heterocycles. The first-order valence-corrected chi connectivity index (χ1v) is 7.54. The van der Waals surface area contributed by atoms with Gasteiger partial charge < -0.3 is 5.32 Å². The smallest absolute Gasteiger partial charge is 0.216 e. The van der Waals surface area contributed by atoms with E-state index in [2.05, 4.69) is 24.9 Å². The molecule has 0 aromatic carbocycles. The molecule has 0 aliphatic carbocycles. The van der Waals surface area contributed by atoms with Crippen LogP contribution < -0.4 is 5.32 Å². The molecule has 0 radical (unpaired) electrons. The Morgan fingerprint density at radius 3 is 2.17 bits per heavy atom. The molecule has 106 valence electrons. The van der Waals surface area contributed by atoms with Crippen LogP contribution in [0.2, 0.25) is 0 Å². The quantitative estimate of drug-likeness (QED) is 0.449. The summed E-state index contributed by atoms with van der Waals surface area (Å²) in [4.78, 5) is 22.4. The van der Waals surface area contributed by atoms with Crippen LogP contribution in [-0.4, -0.2) is 23.5 Å². The normalized spacial score (nSPS) is 12.2. The maximum absolute atomic E-state index is 11.7. The maximum atomic E-state index is 11.7. The van der Waals surface area contributed by atoms with Crippen molar-refractivity contribution in [2.45, 2.75) is 70.5 Å². The number of nitrogens with one attached hydrogen (secondary N) is 1. The summed E-state index contributed by atoms with van der Waals surface area (Å²) in [5.41, 5.74) is 0. The molecule has 0 aliphatic heterocycles. The zero-order chi connectivity index (χ0) is 13.8. The molecule has 0 rings (SSSR count). The number of rotatable bonds is 11. The Morgan fingerprint density at radius 1 is 1.06 bits per heavy atom. The molecule has 0 saturated carbocycles. The van der Waals surface area contributed by atoms with Crippen LogP contribution in [0.3, 0.4) is 0 Å². The van der Waals surface area contributed by atoms with Gasteiger partial charge in [-0.3, -0.25) is 9.59 Å². The summed E-state index contributed by atoms with van der Waals surface area (Å²) in [6, 6.07) is 0. The van der Waals surface area contributed by atoms with Gasteiger partial charge in [0.25, 0.3) is 0 Å². The minimum atomic E-state index is -0.353. The lowest BCUT2D eigenvalue weighted by Crippen LogP contribution is -2.32. The topological polar surface area (TPSA) is 46.2 Å². The fourth-order valence-electron chi connectivity index (χ4n) is 1.78. The summed E-state index contributed by atoms with van der Waals surface area (Å²) in [7, 11) is 0. The predicted octanol–water partition coefficient (Wildman–Crippen LogP) is 3.13. The average molecular weight is 273 g/mol. The maximum Gasteiger partial charge on any atom is 0.216 e. The van der Waals surface area contributed by atoms with Crippen LogP contribution in [0.4, 0.5) is 0 Å². The summed E-state index contributed by atoms with van der Waals surface area (Å²) in [5.74, 6) is 0.0263. The molecule has 18 heavy (non-hydrogen) atoms. The Morgan fingerprint density at radius 2 is 1.61 bits per heavy atom. The second-order valence-electron chi connectivity index (χ2n) is 4.79. The highest BCUT2D eigenvalue weighted by atomic mass is 32.1. The molecule has 3 nitrogen and oxygen atoms in total. The molecule has 1 amide bonds. The summed E-state index contributed by atoms with van der Waals surface area (Å²) < 4.78 is 0. The number of Topliss-reactive ketones (excluding diaryl/α,β-unsaturated/α-hetero) is 1. The number of hydrogen-bond donors (Lipinski definition) is 2. The van der Waals surface area contributed by atoms with E-state index in [4.69, 9.17) is 0 Å². The molecule has 0 aliphatic rings. The molecular weight excluding hydrogens is 246 g/mol. The van der Waals surface area contributed by atoms with Crippen molar-refractivity contribution in [3.05, 3.63) is 0 Å². The summed E-state index contributed by atoms with van der Waals surface area (Å²) >= 11 is 4.21. The van der Waals surface area contributed by atoms with Crippen molar-refractivity contribution in [3.8, 4) is 0 Å². The van der Waals surface area contributed by atoms with Gasteiger partial charge in [0.05, 0.1) is 5.25 Å². The molecule has 4 heteroatoms. The van der Waals surface area contributed by atoms with Gasteiger partial charge in [-0.25, -0.2) is 0 Å². The average Bonchev–Trinajstić information content (AvgIpc) is 2.34. The van der Waals surface area contributed by atoms with Crippen LogP contribution in [0.15, 0.2) is 0 Å². The van der Waals surface area contributed by atoms with E-state index in [0.29, 0.717) is 13.0 Å². The number of unbranched alkanes of at least 4 members (excludes halogenated alkanes) is 6. The highest BCUT2D eigenvalue weighted by molar-refractivity contribution is 7.81. The first-order chi connectivity index (χ1) is 8.57. The van der Waals surface area contributed by atoms with Gasteiger partial charge in [-0.05, 0) is 6.42 Å². The summed E-state index contributed by atoms with van der Waals surface area (Å²) in [6.45, 7) is 4.00. The molecule has 0 aromatic rings. The monoisotopic (exact) mass is 273 g/mol. The Balaban J connectivity index is 3.43.